The molecule has 0 amide bonds. The SMILES string of the molecule is Cc1sc2ncn(/N=C/c3ccccc3Cl)c(=O)c2c1C. The normalized spacial score (nSPS) is 11.6. The first-order valence-corrected chi connectivity index (χ1v) is 7.53. The quantitative estimate of drug-likeness (QED) is 0.678. The maximum absolute atomic E-state index is 12.5. The van der Waals surface area contributed by atoms with Crippen molar-refractivity contribution in [3.63, 3.8) is 0 Å². The molecule has 3 rings (SSSR count). The lowest BCUT2D eigenvalue weighted by atomic mass is 10.2. The second-order valence-corrected chi connectivity index (χ2v) is 6.23. The summed E-state index contributed by atoms with van der Waals surface area (Å²) in [6, 6.07) is 7.32. The zero-order valence-corrected chi connectivity index (χ0v) is 13.1. The molecule has 4 nitrogen and oxygen atoms in total. The Labute approximate surface area is 130 Å². The van der Waals surface area contributed by atoms with Crippen molar-refractivity contribution in [2.45, 2.75) is 13.8 Å². The number of aromatic nitrogens is 2. The summed E-state index contributed by atoms with van der Waals surface area (Å²) in [4.78, 5) is 18.6. The molecule has 0 aliphatic carbocycles. The van der Waals surface area contributed by atoms with E-state index in [9.17, 15) is 4.79 Å². The van der Waals surface area contributed by atoms with E-state index in [2.05, 4.69) is 10.1 Å². The summed E-state index contributed by atoms with van der Waals surface area (Å²) in [7, 11) is 0. The molecular weight excluding hydrogens is 306 g/mol. The van der Waals surface area contributed by atoms with Crippen LogP contribution >= 0.6 is 22.9 Å². The summed E-state index contributed by atoms with van der Waals surface area (Å²) >= 11 is 7.58. The number of aryl methyl sites for hydroxylation is 2. The van der Waals surface area contributed by atoms with Gasteiger partial charge >= 0.3 is 0 Å². The van der Waals surface area contributed by atoms with E-state index in [4.69, 9.17) is 11.6 Å². The molecule has 0 N–H and O–H groups in total. The highest BCUT2D eigenvalue weighted by molar-refractivity contribution is 7.18. The molecule has 0 radical (unpaired) electrons. The zero-order chi connectivity index (χ0) is 15.0. The van der Waals surface area contributed by atoms with Gasteiger partial charge in [-0.1, -0.05) is 29.8 Å². The number of nitrogens with zero attached hydrogens (tertiary/aromatic N) is 3. The summed E-state index contributed by atoms with van der Waals surface area (Å²) in [6.07, 6.45) is 3.00. The van der Waals surface area contributed by atoms with Gasteiger partial charge in [0.15, 0.2) is 0 Å². The van der Waals surface area contributed by atoms with Crippen LogP contribution in [0, 0.1) is 13.8 Å². The second kappa shape index (κ2) is 5.42. The van der Waals surface area contributed by atoms with Gasteiger partial charge in [-0.2, -0.15) is 9.78 Å². The van der Waals surface area contributed by atoms with Gasteiger partial charge in [0.05, 0.1) is 11.6 Å². The van der Waals surface area contributed by atoms with Crippen LogP contribution in [0.5, 0.6) is 0 Å². The van der Waals surface area contributed by atoms with Gasteiger partial charge < -0.3 is 0 Å². The second-order valence-electron chi connectivity index (χ2n) is 4.62. The monoisotopic (exact) mass is 317 g/mol. The van der Waals surface area contributed by atoms with Crippen LogP contribution in [0.15, 0.2) is 40.5 Å². The number of hydrogen-bond donors (Lipinski definition) is 0. The smallest absolute Gasteiger partial charge is 0.267 e. The molecule has 0 aliphatic heterocycles. The Morgan fingerprint density at radius 1 is 1.33 bits per heavy atom. The van der Waals surface area contributed by atoms with E-state index in [1.807, 2.05) is 32.0 Å². The van der Waals surface area contributed by atoms with Gasteiger partial charge in [-0.05, 0) is 25.5 Å². The maximum Gasteiger partial charge on any atom is 0.282 e. The summed E-state index contributed by atoms with van der Waals surface area (Å²) in [5, 5.41) is 5.40. The van der Waals surface area contributed by atoms with E-state index in [-0.39, 0.29) is 5.56 Å². The first kappa shape index (κ1) is 14.0. The summed E-state index contributed by atoms with van der Waals surface area (Å²) in [6.45, 7) is 3.91. The Bertz CT molecular complexity index is 911. The van der Waals surface area contributed by atoms with Gasteiger partial charge in [-0.25, -0.2) is 4.98 Å². The third kappa shape index (κ3) is 2.50. The zero-order valence-electron chi connectivity index (χ0n) is 11.5. The minimum atomic E-state index is -0.162. The number of thiophene rings is 1. The van der Waals surface area contributed by atoms with E-state index in [1.54, 1.807) is 12.3 Å². The Balaban J connectivity index is 2.10. The van der Waals surface area contributed by atoms with Crippen LogP contribution in [0.1, 0.15) is 16.0 Å². The molecule has 3 aromatic rings. The highest BCUT2D eigenvalue weighted by Gasteiger charge is 2.11. The van der Waals surface area contributed by atoms with Crippen molar-refractivity contribution in [2.75, 3.05) is 0 Å². The summed E-state index contributed by atoms with van der Waals surface area (Å²) in [5.41, 5.74) is 1.56. The van der Waals surface area contributed by atoms with E-state index in [0.717, 1.165) is 20.8 Å². The fourth-order valence-electron chi connectivity index (χ4n) is 2.01. The minimum absolute atomic E-state index is 0.162. The Morgan fingerprint density at radius 3 is 2.86 bits per heavy atom. The predicted molar refractivity (Wildman–Crippen MR) is 87.8 cm³/mol. The molecule has 0 saturated heterocycles. The highest BCUT2D eigenvalue weighted by atomic mass is 35.5. The molecule has 0 fully saturated rings. The molecular formula is C15H12ClN3OS. The number of fused-ring (bicyclic) bond motifs is 1. The summed E-state index contributed by atoms with van der Waals surface area (Å²) in [5.74, 6) is 0. The predicted octanol–water partition coefficient (Wildman–Crippen LogP) is 3.61. The number of hydrogen-bond acceptors (Lipinski definition) is 4. The molecule has 6 heteroatoms. The molecule has 1 aromatic carbocycles. The van der Waals surface area contributed by atoms with Crippen LogP contribution in [0.4, 0.5) is 0 Å². The van der Waals surface area contributed by atoms with Crippen LogP contribution in [0.25, 0.3) is 10.2 Å². The Kier molecular flexibility index (Phi) is 3.61. The molecule has 106 valence electrons. The van der Waals surface area contributed by atoms with Crippen molar-refractivity contribution in [3.8, 4) is 0 Å². The maximum atomic E-state index is 12.5. The fraction of sp³-hybridized carbons (Fsp3) is 0.133. The van der Waals surface area contributed by atoms with Gasteiger partial charge in [-0.3, -0.25) is 4.79 Å². The number of rotatable bonds is 2. The molecule has 0 saturated carbocycles. The Morgan fingerprint density at radius 2 is 2.10 bits per heavy atom. The van der Waals surface area contributed by atoms with Gasteiger partial charge in [0.2, 0.25) is 0 Å². The van der Waals surface area contributed by atoms with Crippen LogP contribution in [0.2, 0.25) is 5.02 Å². The first-order valence-electron chi connectivity index (χ1n) is 6.34. The first-order chi connectivity index (χ1) is 10.1. The Hall–Kier alpha value is -1.98. The highest BCUT2D eigenvalue weighted by Crippen LogP contribution is 2.25. The van der Waals surface area contributed by atoms with Crippen LogP contribution in [-0.4, -0.2) is 15.9 Å². The van der Waals surface area contributed by atoms with E-state index < -0.39 is 0 Å². The molecule has 0 spiro atoms. The van der Waals surface area contributed by atoms with Gasteiger partial charge in [0.1, 0.15) is 11.2 Å². The van der Waals surface area contributed by atoms with Crippen molar-refractivity contribution in [1.29, 1.82) is 0 Å². The lowest BCUT2D eigenvalue weighted by molar-refractivity contribution is 0.818. The fourth-order valence-corrected chi connectivity index (χ4v) is 3.18. The van der Waals surface area contributed by atoms with E-state index in [1.165, 1.54) is 22.3 Å². The van der Waals surface area contributed by atoms with Crippen molar-refractivity contribution < 1.29 is 0 Å². The van der Waals surface area contributed by atoms with Crippen molar-refractivity contribution in [2.24, 2.45) is 5.10 Å². The van der Waals surface area contributed by atoms with Gasteiger partial charge in [-0.15, -0.1) is 11.3 Å². The average Bonchev–Trinajstić information content (AvgIpc) is 2.76. The molecule has 0 unspecified atom stereocenters. The average molecular weight is 318 g/mol. The molecule has 0 aliphatic rings. The minimum Gasteiger partial charge on any atom is -0.267 e. The van der Waals surface area contributed by atoms with E-state index >= 15 is 0 Å². The van der Waals surface area contributed by atoms with Crippen molar-refractivity contribution in [1.82, 2.24) is 9.66 Å². The van der Waals surface area contributed by atoms with Crippen molar-refractivity contribution >= 4 is 39.4 Å². The van der Waals surface area contributed by atoms with Gasteiger partial charge in [0.25, 0.3) is 5.56 Å². The molecule has 2 aromatic heterocycles. The third-order valence-corrected chi connectivity index (χ3v) is 4.76. The molecule has 0 atom stereocenters. The lowest BCUT2D eigenvalue weighted by Gasteiger charge is -1.99. The van der Waals surface area contributed by atoms with Crippen LogP contribution in [-0.2, 0) is 0 Å². The number of benzene rings is 1. The van der Waals surface area contributed by atoms with Crippen LogP contribution in [0.3, 0.4) is 0 Å². The molecule has 2 heterocycles. The third-order valence-electron chi connectivity index (χ3n) is 3.30. The lowest BCUT2D eigenvalue weighted by Crippen LogP contribution is -2.17. The van der Waals surface area contributed by atoms with Crippen molar-refractivity contribution in [3.05, 3.63) is 62.0 Å². The van der Waals surface area contributed by atoms with Crippen LogP contribution < -0.4 is 5.56 Å². The largest absolute Gasteiger partial charge is 0.282 e. The standard InChI is InChI=1S/C15H12ClN3OS/c1-9-10(2)21-14-13(9)15(20)19(8-17-14)18-7-11-5-3-4-6-12(11)16/h3-8H,1-2H3/b18-7+. The van der Waals surface area contributed by atoms with E-state index in [0.29, 0.717) is 10.4 Å². The summed E-state index contributed by atoms with van der Waals surface area (Å²) < 4.78 is 1.24. The number of halogens is 1. The van der Waals surface area contributed by atoms with Gasteiger partial charge in [0, 0.05) is 15.5 Å². The topological polar surface area (TPSA) is 47.2 Å². The molecule has 0 bridgehead atoms. The molecule has 21 heavy (non-hydrogen) atoms.